The van der Waals surface area contributed by atoms with Crippen molar-refractivity contribution in [3.05, 3.63) is 89.2 Å². The molecule has 6 nitrogen and oxygen atoms in total. The Kier molecular flexibility index (Phi) is 5.89. The average Bonchev–Trinajstić information content (AvgIpc) is 2.82. The van der Waals surface area contributed by atoms with Crippen LogP contribution in [-0.2, 0) is 6.42 Å². The monoisotopic (exact) mass is 394 g/mol. The van der Waals surface area contributed by atoms with E-state index < -0.39 is 0 Å². The molecule has 0 spiro atoms. The SMILES string of the molecule is N#Cc1ccc(CCN[C@H](c2ccccc2)[C@H]2CNc3cncc(C#N)c3N2)cc1. The molecule has 0 radical (unpaired) electrons. The van der Waals surface area contributed by atoms with Gasteiger partial charge >= 0.3 is 0 Å². The highest BCUT2D eigenvalue weighted by Crippen LogP contribution is 2.32. The summed E-state index contributed by atoms with van der Waals surface area (Å²) in [5.74, 6) is 0. The van der Waals surface area contributed by atoms with E-state index in [1.165, 1.54) is 11.1 Å². The van der Waals surface area contributed by atoms with Crippen molar-refractivity contribution >= 4 is 11.4 Å². The van der Waals surface area contributed by atoms with E-state index in [0.29, 0.717) is 17.7 Å². The standard InChI is InChI=1S/C24H22N6/c25-12-18-8-6-17(7-9-18)10-11-28-23(19-4-2-1-3-5-19)22-16-29-21-15-27-14-20(13-26)24(21)30-22/h1-9,14-15,22-23,28-30H,10-11,16H2/t22-,23-/m1/s1. The van der Waals surface area contributed by atoms with Gasteiger partial charge in [-0.3, -0.25) is 4.98 Å². The van der Waals surface area contributed by atoms with Crippen LogP contribution in [0.1, 0.15) is 28.3 Å². The van der Waals surface area contributed by atoms with E-state index in [1.807, 2.05) is 42.5 Å². The van der Waals surface area contributed by atoms with Crippen LogP contribution in [-0.4, -0.2) is 24.1 Å². The highest BCUT2D eigenvalue weighted by Gasteiger charge is 2.28. The van der Waals surface area contributed by atoms with Gasteiger partial charge in [-0.2, -0.15) is 10.5 Å². The zero-order valence-corrected chi connectivity index (χ0v) is 16.5. The van der Waals surface area contributed by atoms with Gasteiger partial charge in [-0.1, -0.05) is 42.5 Å². The molecule has 0 aliphatic carbocycles. The van der Waals surface area contributed by atoms with Gasteiger partial charge in [-0.15, -0.1) is 0 Å². The predicted molar refractivity (Wildman–Crippen MR) is 117 cm³/mol. The van der Waals surface area contributed by atoms with Gasteiger partial charge in [0.1, 0.15) is 6.07 Å². The van der Waals surface area contributed by atoms with Crippen molar-refractivity contribution in [3.63, 3.8) is 0 Å². The van der Waals surface area contributed by atoms with Crippen LogP contribution in [0.25, 0.3) is 0 Å². The Morgan fingerprint density at radius 1 is 1.03 bits per heavy atom. The third-order valence-electron chi connectivity index (χ3n) is 5.33. The van der Waals surface area contributed by atoms with Gasteiger partial charge < -0.3 is 16.0 Å². The minimum Gasteiger partial charge on any atom is -0.380 e. The molecule has 1 aromatic heterocycles. The summed E-state index contributed by atoms with van der Waals surface area (Å²) >= 11 is 0. The van der Waals surface area contributed by atoms with E-state index in [4.69, 9.17) is 5.26 Å². The van der Waals surface area contributed by atoms with Crippen molar-refractivity contribution in [2.45, 2.75) is 18.5 Å². The summed E-state index contributed by atoms with van der Waals surface area (Å²) in [7, 11) is 0. The van der Waals surface area contributed by atoms with Gasteiger partial charge in [-0.25, -0.2) is 0 Å². The van der Waals surface area contributed by atoms with Crippen LogP contribution < -0.4 is 16.0 Å². The molecule has 6 heteroatoms. The van der Waals surface area contributed by atoms with Gasteiger partial charge in [0.05, 0.1) is 46.9 Å². The first-order valence-electron chi connectivity index (χ1n) is 9.94. The summed E-state index contributed by atoms with van der Waals surface area (Å²) < 4.78 is 0. The van der Waals surface area contributed by atoms with E-state index in [1.54, 1.807) is 12.4 Å². The van der Waals surface area contributed by atoms with Crippen molar-refractivity contribution < 1.29 is 0 Å². The van der Waals surface area contributed by atoms with E-state index >= 15 is 0 Å². The zero-order valence-electron chi connectivity index (χ0n) is 16.5. The van der Waals surface area contributed by atoms with Gasteiger partial charge in [0, 0.05) is 12.7 Å². The molecule has 1 aliphatic rings. The van der Waals surface area contributed by atoms with Gasteiger partial charge in [0.15, 0.2) is 0 Å². The molecule has 3 N–H and O–H groups in total. The zero-order chi connectivity index (χ0) is 20.8. The van der Waals surface area contributed by atoms with Crippen molar-refractivity contribution in [2.24, 2.45) is 0 Å². The number of hydrogen-bond acceptors (Lipinski definition) is 6. The lowest BCUT2D eigenvalue weighted by molar-refractivity contribution is 0.473. The first-order chi connectivity index (χ1) is 14.8. The van der Waals surface area contributed by atoms with Crippen LogP contribution in [0.3, 0.4) is 0 Å². The molecule has 2 atom stereocenters. The van der Waals surface area contributed by atoms with Crippen LogP contribution in [0.15, 0.2) is 67.0 Å². The highest BCUT2D eigenvalue weighted by molar-refractivity contribution is 5.76. The van der Waals surface area contributed by atoms with Crippen LogP contribution in [0.4, 0.5) is 11.4 Å². The minimum absolute atomic E-state index is 0.0601. The maximum Gasteiger partial charge on any atom is 0.103 e. The fourth-order valence-corrected chi connectivity index (χ4v) is 3.76. The number of anilines is 2. The van der Waals surface area contributed by atoms with E-state index in [9.17, 15) is 5.26 Å². The molecule has 30 heavy (non-hydrogen) atoms. The van der Waals surface area contributed by atoms with Gasteiger partial charge in [0.2, 0.25) is 0 Å². The fourth-order valence-electron chi connectivity index (χ4n) is 3.76. The molecular formula is C24H22N6. The van der Waals surface area contributed by atoms with Crippen molar-refractivity contribution in [2.75, 3.05) is 23.7 Å². The molecule has 0 bridgehead atoms. The first-order valence-corrected chi connectivity index (χ1v) is 9.94. The number of nitriles is 2. The minimum atomic E-state index is 0.0601. The third-order valence-corrected chi connectivity index (χ3v) is 5.33. The Balaban J connectivity index is 1.51. The number of nitrogens with one attached hydrogen (secondary N) is 3. The smallest absolute Gasteiger partial charge is 0.103 e. The second-order valence-corrected chi connectivity index (χ2v) is 7.25. The number of benzene rings is 2. The lowest BCUT2D eigenvalue weighted by atomic mass is 9.96. The molecule has 4 rings (SSSR count). The molecule has 2 heterocycles. The molecule has 0 unspecified atom stereocenters. The summed E-state index contributed by atoms with van der Waals surface area (Å²) in [5, 5.41) is 29.1. The maximum atomic E-state index is 9.45. The summed E-state index contributed by atoms with van der Waals surface area (Å²) in [4.78, 5) is 4.13. The molecule has 0 saturated carbocycles. The van der Waals surface area contributed by atoms with E-state index in [0.717, 1.165) is 24.3 Å². The number of rotatable bonds is 6. The van der Waals surface area contributed by atoms with E-state index in [-0.39, 0.29) is 12.1 Å². The maximum absolute atomic E-state index is 9.45. The quantitative estimate of drug-likeness (QED) is 0.591. The number of pyridine rings is 1. The van der Waals surface area contributed by atoms with Crippen molar-refractivity contribution in [1.82, 2.24) is 10.3 Å². The average molecular weight is 394 g/mol. The predicted octanol–water partition coefficient (Wildman–Crippen LogP) is 3.60. The second-order valence-electron chi connectivity index (χ2n) is 7.25. The molecule has 0 fully saturated rings. The molecule has 0 amide bonds. The summed E-state index contributed by atoms with van der Waals surface area (Å²) in [6, 6.07) is 22.5. The second kappa shape index (κ2) is 9.09. The molecular weight excluding hydrogens is 372 g/mol. The Morgan fingerprint density at radius 2 is 1.83 bits per heavy atom. The van der Waals surface area contributed by atoms with Crippen LogP contribution in [0.5, 0.6) is 0 Å². The summed E-state index contributed by atoms with van der Waals surface area (Å²) in [6.45, 7) is 1.50. The van der Waals surface area contributed by atoms with Gasteiger partial charge in [-0.05, 0) is 36.2 Å². The highest BCUT2D eigenvalue weighted by atomic mass is 15.1. The molecule has 1 aliphatic heterocycles. The number of nitrogens with zero attached hydrogens (tertiary/aromatic N) is 3. The molecule has 3 aromatic rings. The molecule has 0 saturated heterocycles. The first kappa shape index (κ1) is 19.4. The Bertz CT molecular complexity index is 1080. The third kappa shape index (κ3) is 4.25. The Labute approximate surface area is 176 Å². The Hall–Kier alpha value is -3.87. The number of aromatic nitrogens is 1. The lowest BCUT2D eigenvalue weighted by Gasteiger charge is -2.35. The van der Waals surface area contributed by atoms with Crippen LogP contribution in [0.2, 0.25) is 0 Å². The summed E-state index contributed by atoms with van der Waals surface area (Å²) in [6.07, 6.45) is 4.19. The normalized spacial score (nSPS) is 15.6. The lowest BCUT2D eigenvalue weighted by Crippen LogP contribution is -2.44. The van der Waals surface area contributed by atoms with Crippen molar-refractivity contribution in [1.29, 1.82) is 10.5 Å². The fraction of sp³-hybridized carbons (Fsp3) is 0.208. The topological polar surface area (TPSA) is 96.6 Å². The van der Waals surface area contributed by atoms with E-state index in [2.05, 4.69) is 45.2 Å². The number of fused-ring (bicyclic) bond motifs is 1. The number of hydrogen-bond donors (Lipinski definition) is 3. The van der Waals surface area contributed by atoms with Crippen LogP contribution >= 0.6 is 0 Å². The largest absolute Gasteiger partial charge is 0.380 e. The molecule has 148 valence electrons. The Morgan fingerprint density at radius 3 is 2.57 bits per heavy atom. The molecule has 2 aromatic carbocycles. The van der Waals surface area contributed by atoms with Crippen molar-refractivity contribution in [3.8, 4) is 12.1 Å². The summed E-state index contributed by atoms with van der Waals surface area (Å²) in [5.41, 5.74) is 5.24. The van der Waals surface area contributed by atoms with Gasteiger partial charge in [0.25, 0.3) is 0 Å². The van der Waals surface area contributed by atoms with Crippen LogP contribution in [0, 0.1) is 22.7 Å².